The van der Waals surface area contributed by atoms with E-state index in [1.165, 1.54) is 4.90 Å². The molecule has 0 saturated heterocycles. The van der Waals surface area contributed by atoms with Crippen molar-refractivity contribution in [1.29, 1.82) is 0 Å². The Balaban J connectivity index is 4.17. The number of rotatable bonds is 5. The van der Waals surface area contributed by atoms with Gasteiger partial charge in [0.2, 0.25) is 5.78 Å². The van der Waals surface area contributed by atoms with E-state index in [0.29, 0.717) is 6.54 Å². The third-order valence-electron chi connectivity index (χ3n) is 2.20. The average molecular weight is 185 g/mol. The van der Waals surface area contributed by atoms with E-state index < -0.39 is 0 Å². The van der Waals surface area contributed by atoms with Crippen molar-refractivity contribution >= 4 is 11.7 Å². The third kappa shape index (κ3) is 3.57. The highest BCUT2D eigenvalue weighted by molar-refractivity contribution is 6.36. The standard InChI is InChI=1S/C10H19NO2/c1-5-7-8(3)9(12)10(13)11(4)6-2/h8H,5-7H2,1-4H3. The number of hydrogen-bond donors (Lipinski definition) is 0. The molecule has 0 aliphatic heterocycles. The van der Waals surface area contributed by atoms with Gasteiger partial charge in [-0.1, -0.05) is 20.3 Å². The molecule has 0 heterocycles. The van der Waals surface area contributed by atoms with Gasteiger partial charge in [-0.15, -0.1) is 0 Å². The van der Waals surface area contributed by atoms with Gasteiger partial charge in [-0.25, -0.2) is 0 Å². The Labute approximate surface area is 80.1 Å². The summed E-state index contributed by atoms with van der Waals surface area (Å²) in [5.41, 5.74) is 0. The lowest BCUT2D eigenvalue weighted by atomic mass is 10.0. The molecule has 3 nitrogen and oxygen atoms in total. The minimum atomic E-state index is -0.358. The van der Waals surface area contributed by atoms with Crippen LogP contribution < -0.4 is 0 Å². The Bertz CT molecular complexity index is 189. The van der Waals surface area contributed by atoms with Crippen molar-refractivity contribution in [2.75, 3.05) is 13.6 Å². The van der Waals surface area contributed by atoms with E-state index in [0.717, 1.165) is 12.8 Å². The van der Waals surface area contributed by atoms with Crippen LogP contribution in [0, 0.1) is 5.92 Å². The first-order valence-electron chi connectivity index (χ1n) is 4.83. The van der Waals surface area contributed by atoms with Crippen LogP contribution in [0.15, 0.2) is 0 Å². The van der Waals surface area contributed by atoms with Crippen LogP contribution in [0.25, 0.3) is 0 Å². The Morgan fingerprint density at radius 2 is 1.85 bits per heavy atom. The summed E-state index contributed by atoms with van der Waals surface area (Å²) in [5, 5.41) is 0. The highest BCUT2D eigenvalue weighted by Gasteiger charge is 2.22. The van der Waals surface area contributed by atoms with E-state index in [9.17, 15) is 9.59 Å². The van der Waals surface area contributed by atoms with Crippen LogP contribution >= 0.6 is 0 Å². The molecule has 1 unspecified atom stereocenters. The van der Waals surface area contributed by atoms with Crippen LogP contribution in [0.3, 0.4) is 0 Å². The summed E-state index contributed by atoms with van der Waals surface area (Å²) in [6, 6.07) is 0. The number of amides is 1. The lowest BCUT2D eigenvalue weighted by Gasteiger charge is -2.15. The van der Waals surface area contributed by atoms with Gasteiger partial charge in [-0.05, 0) is 13.3 Å². The molecule has 0 spiro atoms. The first-order chi connectivity index (χ1) is 6.04. The number of Topliss-reactive ketones (excluding diaryl/α,β-unsaturated/α-hetero) is 1. The van der Waals surface area contributed by atoms with Gasteiger partial charge in [-0.3, -0.25) is 9.59 Å². The van der Waals surface area contributed by atoms with Crippen molar-refractivity contribution in [3.63, 3.8) is 0 Å². The SMILES string of the molecule is CCCC(C)C(=O)C(=O)N(C)CC. The quantitative estimate of drug-likeness (QED) is 0.608. The van der Waals surface area contributed by atoms with E-state index in [1.54, 1.807) is 7.05 Å². The Hall–Kier alpha value is -0.860. The van der Waals surface area contributed by atoms with Crippen molar-refractivity contribution in [2.45, 2.75) is 33.6 Å². The lowest BCUT2D eigenvalue weighted by molar-refractivity contribution is -0.145. The number of carbonyl (C=O) groups excluding carboxylic acids is 2. The molecule has 0 aromatic carbocycles. The monoisotopic (exact) mass is 185 g/mol. The highest BCUT2D eigenvalue weighted by atomic mass is 16.2. The second kappa shape index (κ2) is 5.73. The Morgan fingerprint density at radius 1 is 1.31 bits per heavy atom. The molecule has 1 atom stereocenters. The maximum atomic E-state index is 11.4. The van der Waals surface area contributed by atoms with E-state index in [-0.39, 0.29) is 17.6 Å². The Kier molecular flexibility index (Phi) is 5.35. The fourth-order valence-electron chi connectivity index (χ4n) is 1.11. The van der Waals surface area contributed by atoms with Gasteiger partial charge >= 0.3 is 0 Å². The number of hydrogen-bond acceptors (Lipinski definition) is 2. The summed E-state index contributed by atoms with van der Waals surface area (Å²) >= 11 is 0. The highest BCUT2D eigenvalue weighted by Crippen LogP contribution is 2.07. The molecule has 13 heavy (non-hydrogen) atoms. The van der Waals surface area contributed by atoms with Crippen LogP contribution in [0.1, 0.15) is 33.6 Å². The fraction of sp³-hybridized carbons (Fsp3) is 0.800. The van der Waals surface area contributed by atoms with Crippen LogP contribution in [-0.2, 0) is 9.59 Å². The summed E-state index contributed by atoms with van der Waals surface area (Å²) < 4.78 is 0. The van der Waals surface area contributed by atoms with Crippen molar-refractivity contribution in [3.8, 4) is 0 Å². The molecule has 0 aliphatic carbocycles. The number of likely N-dealkylation sites (N-methyl/N-ethyl adjacent to an activating group) is 1. The van der Waals surface area contributed by atoms with E-state index in [4.69, 9.17) is 0 Å². The molecule has 0 N–H and O–H groups in total. The predicted molar refractivity (Wildman–Crippen MR) is 52.4 cm³/mol. The van der Waals surface area contributed by atoms with Crippen molar-refractivity contribution in [3.05, 3.63) is 0 Å². The molecule has 0 aromatic heterocycles. The first kappa shape index (κ1) is 12.1. The Morgan fingerprint density at radius 3 is 2.23 bits per heavy atom. The maximum absolute atomic E-state index is 11.4. The minimum absolute atomic E-state index is 0.133. The molecule has 0 aromatic rings. The van der Waals surface area contributed by atoms with Crippen molar-refractivity contribution in [2.24, 2.45) is 5.92 Å². The maximum Gasteiger partial charge on any atom is 0.289 e. The summed E-state index contributed by atoms with van der Waals surface area (Å²) in [5.74, 6) is -0.749. The van der Waals surface area contributed by atoms with Crippen LogP contribution in [0.2, 0.25) is 0 Å². The van der Waals surface area contributed by atoms with Gasteiger partial charge < -0.3 is 4.90 Å². The molecule has 0 aliphatic rings. The second-order valence-corrected chi connectivity index (χ2v) is 3.37. The predicted octanol–water partition coefficient (Wildman–Crippen LogP) is 1.47. The topological polar surface area (TPSA) is 37.4 Å². The zero-order chi connectivity index (χ0) is 10.4. The number of nitrogens with zero attached hydrogens (tertiary/aromatic N) is 1. The second-order valence-electron chi connectivity index (χ2n) is 3.37. The van der Waals surface area contributed by atoms with Crippen LogP contribution in [-0.4, -0.2) is 30.2 Å². The van der Waals surface area contributed by atoms with Crippen molar-refractivity contribution in [1.82, 2.24) is 4.90 Å². The van der Waals surface area contributed by atoms with Gasteiger partial charge in [0, 0.05) is 19.5 Å². The summed E-state index contributed by atoms with van der Waals surface area (Å²) in [4.78, 5) is 24.3. The third-order valence-corrected chi connectivity index (χ3v) is 2.20. The zero-order valence-corrected chi connectivity index (χ0v) is 8.96. The summed E-state index contributed by atoms with van der Waals surface area (Å²) in [6.45, 7) is 6.27. The first-order valence-corrected chi connectivity index (χ1v) is 4.83. The fourth-order valence-corrected chi connectivity index (χ4v) is 1.11. The van der Waals surface area contributed by atoms with Gasteiger partial charge in [0.25, 0.3) is 5.91 Å². The molecule has 0 bridgehead atoms. The summed E-state index contributed by atoms with van der Waals surface area (Å²) in [6.07, 6.45) is 1.73. The molecule has 76 valence electrons. The molecule has 0 saturated carbocycles. The van der Waals surface area contributed by atoms with E-state index >= 15 is 0 Å². The van der Waals surface area contributed by atoms with Crippen LogP contribution in [0.4, 0.5) is 0 Å². The number of carbonyl (C=O) groups is 2. The normalized spacial score (nSPS) is 12.3. The van der Waals surface area contributed by atoms with Gasteiger partial charge in [-0.2, -0.15) is 0 Å². The summed E-state index contributed by atoms with van der Waals surface area (Å²) in [7, 11) is 1.65. The van der Waals surface area contributed by atoms with Gasteiger partial charge in [0.05, 0.1) is 0 Å². The molecule has 0 rings (SSSR count). The molecule has 0 fully saturated rings. The van der Waals surface area contributed by atoms with Gasteiger partial charge in [0.1, 0.15) is 0 Å². The van der Waals surface area contributed by atoms with Crippen molar-refractivity contribution < 1.29 is 9.59 Å². The smallest absolute Gasteiger partial charge is 0.289 e. The molecular formula is C10H19NO2. The lowest BCUT2D eigenvalue weighted by Crippen LogP contribution is -2.36. The number of ketones is 1. The zero-order valence-electron chi connectivity index (χ0n) is 8.96. The minimum Gasteiger partial charge on any atom is -0.339 e. The van der Waals surface area contributed by atoms with E-state index in [1.807, 2.05) is 20.8 Å². The van der Waals surface area contributed by atoms with Gasteiger partial charge in [0.15, 0.2) is 0 Å². The molecule has 3 heteroatoms. The average Bonchev–Trinajstić information content (AvgIpc) is 2.14. The van der Waals surface area contributed by atoms with Crippen LogP contribution in [0.5, 0.6) is 0 Å². The molecular weight excluding hydrogens is 166 g/mol. The largest absolute Gasteiger partial charge is 0.339 e. The molecule has 1 amide bonds. The van der Waals surface area contributed by atoms with E-state index in [2.05, 4.69) is 0 Å². The molecule has 0 radical (unpaired) electrons.